The van der Waals surface area contributed by atoms with Gasteiger partial charge in [0.25, 0.3) is 0 Å². The van der Waals surface area contributed by atoms with Gasteiger partial charge in [-0.1, -0.05) is 12.1 Å². The first-order valence-electron chi connectivity index (χ1n) is 6.73. The summed E-state index contributed by atoms with van der Waals surface area (Å²) in [5.74, 6) is 0.320. The number of nitrogens with one attached hydrogen (secondary N) is 2. The van der Waals surface area contributed by atoms with E-state index in [1.54, 1.807) is 30.5 Å². The minimum atomic E-state index is -3.22. The molecule has 1 aromatic carbocycles. The van der Waals surface area contributed by atoms with Crippen molar-refractivity contribution >= 4 is 21.6 Å². The fourth-order valence-corrected chi connectivity index (χ4v) is 2.48. The Hall–Kier alpha value is -2.61. The van der Waals surface area contributed by atoms with Gasteiger partial charge in [0.05, 0.1) is 12.0 Å². The van der Waals surface area contributed by atoms with Gasteiger partial charge in [0, 0.05) is 19.0 Å². The number of ether oxygens (including phenoxy) is 1. The molecule has 0 unspecified atom stereocenters. The lowest BCUT2D eigenvalue weighted by Gasteiger charge is -2.10. The highest BCUT2D eigenvalue weighted by atomic mass is 32.2. The largest absolute Gasteiger partial charge is 0.480 e. The van der Waals surface area contributed by atoms with Crippen LogP contribution in [-0.2, 0) is 16.4 Å². The zero-order valence-corrected chi connectivity index (χ0v) is 13.6. The Morgan fingerprint density at radius 2 is 1.91 bits per heavy atom. The van der Waals surface area contributed by atoms with E-state index in [1.165, 1.54) is 19.2 Å². The van der Waals surface area contributed by atoms with Crippen molar-refractivity contribution < 1.29 is 17.9 Å². The van der Waals surface area contributed by atoms with Gasteiger partial charge in [-0.15, -0.1) is 0 Å². The lowest BCUT2D eigenvalue weighted by atomic mass is 10.2. The molecule has 0 bridgehead atoms. The molecular weight excluding hydrogens is 318 g/mol. The molecule has 0 saturated heterocycles. The SMILES string of the molecule is COc1ncccc1NC(=O)NCc1ccc(S(C)(=O)=O)cc1. The van der Waals surface area contributed by atoms with Crippen LogP contribution in [0.5, 0.6) is 5.88 Å². The second-order valence-electron chi connectivity index (χ2n) is 4.78. The predicted octanol–water partition coefficient (Wildman–Crippen LogP) is 1.82. The zero-order valence-electron chi connectivity index (χ0n) is 12.7. The average molecular weight is 335 g/mol. The van der Waals surface area contributed by atoms with Crippen LogP contribution >= 0.6 is 0 Å². The van der Waals surface area contributed by atoms with Crippen molar-refractivity contribution in [3.8, 4) is 5.88 Å². The molecule has 7 nitrogen and oxygen atoms in total. The van der Waals surface area contributed by atoms with E-state index in [4.69, 9.17) is 4.74 Å². The van der Waals surface area contributed by atoms with E-state index in [-0.39, 0.29) is 11.4 Å². The Balaban J connectivity index is 1.94. The van der Waals surface area contributed by atoms with Crippen molar-refractivity contribution in [1.29, 1.82) is 0 Å². The number of amides is 2. The average Bonchev–Trinajstić information content (AvgIpc) is 2.53. The Labute approximate surface area is 134 Å². The van der Waals surface area contributed by atoms with Gasteiger partial charge in [0.1, 0.15) is 5.69 Å². The van der Waals surface area contributed by atoms with E-state index in [9.17, 15) is 13.2 Å². The summed E-state index contributed by atoms with van der Waals surface area (Å²) in [7, 11) is -1.75. The van der Waals surface area contributed by atoms with E-state index >= 15 is 0 Å². The second kappa shape index (κ2) is 7.10. The Kier molecular flexibility index (Phi) is 5.17. The van der Waals surface area contributed by atoms with Gasteiger partial charge in [0.15, 0.2) is 9.84 Å². The number of hydrogen-bond acceptors (Lipinski definition) is 5. The molecule has 23 heavy (non-hydrogen) atoms. The number of aromatic nitrogens is 1. The molecule has 2 N–H and O–H groups in total. The van der Waals surface area contributed by atoms with Gasteiger partial charge < -0.3 is 15.4 Å². The molecule has 1 heterocycles. The van der Waals surface area contributed by atoms with Crippen LogP contribution in [0.1, 0.15) is 5.56 Å². The van der Waals surface area contributed by atoms with Crippen LogP contribution < -0.4 is 15.4 Å². The summed E-state index contributed by atoms with van der Waals surface area (Å²) in [6, 6.07) is 9.27. The minimum absolute atomic E-state index is 0.241. The van der Waals surface area contributed by atoms with Crippen molar-refractivity contribution in [2.75, 3.05) is 18.7 Å². The van der Waals surface area contributed by atoms with Crippen LogP contribution in [0.3, 0.4) is 0 Å². The number of sulfone groups is 1. The third-order valence-corrected chi connectivity index (χ3v) is 4.15. The van der Waals surface area contributed by atoms with Gasteiger partial charge >= 0.3 is 6.03 Å². The van der Waals surface area contributed by atoms with Gasteiger partial charge in [-0.2, -0.15) is 0 Å². The van der Waals surface area contributed by atoms with E-state index in [2.05, 4.69) is 15.6 Å². The number of nitrogens with zero attached hydrogens (tertiary/aromatic N) is 1. The van der Waals surface area contributed by atoms with Gasteiger partial charge in [0.2, 0.25) is 5.88 Å². The summed E-state index contributed by atoms with van der Waals surface area (Å²) < 4.78 is 27.8. The fraction of sp³-hybridized carbons (Fsp3) is 0.200. The number of methoxy groups -OCH3 is 1. The summed E-state index contributed by atoms with van der Waals surface area (Å²) in [6.45, 7) is 0.262. The van der Waals surface area contributed by atoms with Crippen LogP contribution in [-0.4, -0.2) is 32.8 Å². The molecule has 0 atom stereocenters. The minimum Gasteiger partial charge on any atom is -0.480 e. The van der Waals surface area contributed by atoms with Crippen molar-refractivity contribution in [3.05, 3.63) is 48.2 Å². The Bertz CT molecular complexity index is 789. The van der Waals surface area contributed by atoms with Crippen LogP contribution in [0, 0.1) is 0 Å². The van der Waals surface area contributed by atoms with Crippen LogP contribution in [0.15, 0.2) is 47.5 Å². The molecule has 2 aromatic rings. The fourth-order valence-electron chi connectivity index (χ4n) is 1.85. The molecule has 0 aliphatic heterocycles. The van der Waals surface area contributed by atoms with E-state index < -0.39 is 15.9 Å². The topological polar surface area (TPSA) is 97.4 Å². The summed E-state index contributed by atoms with van der Waals surface area (Å²) in [5, 5.41) is 5.31. The molecule has 2 rings (SSSR count). The third-order valence-electron chi connectivity index (χ3n) is 3.02. The number of pyridine rings is 1. The zero-order chi connectivity index (χ0) is 16.9. The second-order valence-corrected chi connectivity index (χ2v) is 6.80. The highest BCUT2D eigenvalue weighted by Gasteiger charge is 2.09. The number of anilines is 1. The highest BCUT2D eigenvalue weighted by Crippen LogP contribution is 2.19. The summed E-state index contributed by atoms with van der Waals surface area (Å²) in [6.07, 6.45) is 2.71. The maximum absolute atomic E-state index is 11.9. The summed E-state index contributed by atoms with van der Waals surface area (Å²) in [5.41, 5.74) is 1.24. The lowest BCUT2D eigenvalue weighted by Crippen LogP contribution is -2.28. The maximum Gasteiger partial charge on any atom is 0.319 e. The first-order valence-corrected chi connectivity index (χ1v) is 8.62. The molecule has 0 radical (unpaired) electrons. The molecule has 2 amide bonds. The summed E-state index contributed by atoms with van der Waals surface area (Å²) >= 11 is 0. The highest BCUT2D eigenvalue weighted by molar-refractivity contribution is 7.90. The van der Waals surface area contributed by atoms with Crippen molar-refractivity contribution in [2.24, 2.45) is 0 Å². The van der Waals surface area contributed by atoms with Crippen LogP contribution in [0.25, 0.3) is 0 Å². The molecular formula is C15H17N3O4S. The molecule has 8 heteroatoms. The van der Waals surface area contributed by atoms with E-state index in [1.807, 2.05) is 0 Å². The number of urea groups is 1. The first-order chi connectivity index (χ1) is 10.9. The van der Waals surface area contributed by atoms with Crippen molar-refractivity contribution in [3.63, 3.8) is 0 Å². The molecule has 1 aromatic heterocycles. The molecule has 0 aliphatic rings. The third kappa shape index (κ3) is 4.68. The number of hydrogen-bond donors (Lipinski definition) is 2. The quantitative estimate of drug-likeness (QED) is 0.868. The molecule has 122 valence electrons. The standard InChI is InChI=1S/C15H17N3O4S/c1-22-14-13(4-3-9-16-14)18-15(19)17-10-11-5-7-12(8-6-11)23(2,20)21/h3-9H,10H2,1-2H3,(H2,17,18,19). The first kappa shape index (κ1) is 16.8. The molecule has 0 spiro atoms. The maximum atomic E-state index is 11.9. The number of carbonyl (C=O) groups excluding carboxylic acids is 1. The number of benzene rings is 1. The van der Waals surface area contributed by atoms with Crippen LogP contribution in [0.4, 0.5) is 10.5 Å². The predicted molar refractivity (Wildman–Crippen MR) is 86.2 cm³/mol. The molecule has 0 aliphatic carbocycles. The van der Waals surface area contributed by atoms with Gasteiger partial charge in [-0.3, -0.25) is 0 Å². The van der Waals surface area contributed by atoms with E-state index in [0.717, 1.165) is 11.8 Å². The van der Waals surface area contributed by atoms with Crippen molar-refractivity contribution in [1.82, 2.24) is 10.3 Å². The molecule has 0 saturated carbocycles. The van der Waals surface area contributed by atoms with Gasteiger partial charge in [-0.05, 0) is 29.8 Å². The normalized spacial score (nSPS) is 10.9. The van der Waals surface area contributed by atoms with Gasteiger partial charge in [-0.25, -0.2) is 18.2 Å². The number of carbonyl (C=O) groups is 1. The lowest BCUT2D eigenvalue weighted by molar-refractivity contribution is 0.251. The van der Waals surface area contributed by atoms with Crippen LogP contribution in [0.2, 0.25) is 0 Å². The Morgan fingerprint density at radius 3 is 2.52 bits per heavy atom. The smallest absolute Gasteiger partial charge is 0.319 e. The van der Waals surface area contributed by atoms with E-state index in [0.29, 0.717) is 11.6 Å². The summed E-state index contributed by atoms with van der Waals surface area (Å²) in [4.78, 5) is 16.1. The Morgan fingerprint density at radius 1 is 1.22 bits per heavy atom. The number of rotatable bonds is 5. The monoisotopic (exact) mass is 335 g/mol. The van der Waals surface area contributed by atoms with Crippen molar-refractivity contribution in [2.45, 2.75) is 11.4 Å². The molecule has 0 fully saturated rings.